The molecule has 2 unspecified atom stereocenters. The molecule has 0 spiro atoms. The first-order valence-electron chi connectivity index (χ1n) is 13.3. The van der Waals surface area contributed by atoms with E-state index in [0.29, 0.717) is 11.3 Å². The van der Waals surface area contributed by atoms with Crippen LogP contribution in [0.15, 0.2) is 72.8 Å². The van der Waals surface area contributed by atoms with Gasteiger partial charge in [-0.25, -0.2) is 4.79 Å². The van der Waals surface area contributed by atoms with Gasteiger partial charge in [-0.1, -0.05) is 75.9 Å². The maximum atomic E-state index is 12.6. The molecule has 4 heteroatoms. The van der Waals surface area contributed by atoms with Crippen molar-refractivity contribution < 1.29 is 19.0 Å². The van der Waals surface area contributed by atoms with Crippen LogP contribution in [0, 0.1) is 0 Å². The SMILES string of the molecule is CCCCCCOC(C)c1ccc(-c2ccc(C(=O)Oc3ccc(OC(C)CCC)cc3)cc2)cc1. The molecule has 0 aliphatic carbocycles. The van der Waals surface area contributed by atoms with Crippen molar-refractivity contribution in [1.29, 1.82) is 0 Å². The Bertz CT molecular complexity index is 1040. The van der Waals surface area contributed by atoms with Crippen LogP contribution in [0.25, 0.3) is 11.1 Å². The molecule has 4 nitrogen and oxygen atoms in total. The Kier molecular flexibility index (Phi) is 11.0. The summed E-state index contributed by atoms with van der Waals surface area (Å²) in [6, 6.07) is 23.1. The van der Waals surface area contributed by atoms with Gasteiger partial charge in [0.15, 0.2) is 0 Å². The van der Waals surface area contributed by atoms with Gasteiger partial charge in [-0.3, -0.25) is 0 Å². The van der Waals surface area contributed by atoms with Crippen molar-refractivity contribution in [1.82, 2.24) is 0 Å². The second-order valence-electron chi connectivity index (χ2n) is 9.35. The van der Waals surface area contributed by atoms with Crippen LogP contribution in [0.5, 0.6) is 11.5 Å². The predicted octanol–water partition coefficient (Wildman–Crippen LogP) is 8.80. The molecule has 0 heterocycles. The topological polar surface area (TPSA) is 44.8 Å². The van der Waals surface area contributed by atoms with Gasteiger partial charge in [0.05, 0.1) is 17.8 Å². The van der Waals surface area contributed by atoms with E-state index in [1.807, 2.05) is 24.3 Å². The van der Waals surface area contributed by atoms with Crippen molar-refractivity contribution in [3.63, 3.8) is 0 Å². The number of hydrogen-bond acceptors (Lipinski definition) is 4. The molecule has 36 heavy (non-hydrogen) atoms. The number of hydrogen-bond donors (Lipinski definition) is 0. The van der Waals surface area contributed by atoms with E-state index in [-0.39, 0.29) is 18.2 Å². The first-order valence-corrected chi connectivity index (χ1v) is 13.3. The summed E-state index contributed by atoms with van der Waals surface area (Å²) in [6.45, 7) is 9.31. The quantitative estimate of drug-likeness (QED) is 0.129. The molecular weight excluding hydrogens is 448 g/mol. The van der Waals surface area contributed by atoms with Crippen LogP contribution in [-0.2, 0) is 4.74 Å². The van der Waals surface area contributed by atoms with Crippen molar-refractivity contribution in [2.24, 2.45) is 0 Å². The largest absolute Gasteiger partial charge is 0.491 e. The number of ether oxygens (including phenoxy) is 3. The number of carbonyl (C=O) groups is 1. The molecule has 2 atom stereocenters. The van der Waals surface area contributed by atoms with Crippen molar-refractivity contribution in [2.75, 3.05) is 6.61 Å². The van der Waals surface area contributed by atoms with Gasteiger partial charge in [0.25, 0.3) is 0 Å². The monoisotopic (exact) mass is 488 g/mol. The normalized spacial score (nSPS) is 12.7. The summed E-state index contributed by atoms with van der Waals surface area (Å²) >= 11 is 0. The van der Waals surface area contributed by atoms with E-state index in [1.165, 1.54) is 24.8 Å². The number of rotatable bonds is 14. The third-order valence-corrected chi connectivity index (χ3v) is 6.27. The zero-order chi connectivity index (χ0) is 25.8. The van der Waals surface area contributed by atoms with E-state index >= 15 is 0 Å². The van der Waals surface area contributed by atoms with E-state index in [2.05, 4.69) is 52.0 Å². The highest BCUT2D eigenvalue weighted by Crippen LogP contribution is 2.25. The first kappa shape index (κ1) is 27.5. The predicted molar refractivity (Wildman–Crippen MR) is 147 cm³/mol. The average molecular weight is 489 g/mol. The van der Waals surface area contributed by atoms with Crippen LogP contribution in [-0.4, -0.2) is 18.7 Å². The van der Waals surface area contributed by atoms with Gasteiger partial charge >= 0.3 is 5.97 Å². The average Bonchev–Trinajstić information content (AvgIpc) is 2.90. The van der Waals surface area contributed by atoms with Gasteiger partial charge in [0.1, 0.15) is 11.5 Å². The Balaban J connectivity index is 1.52. The van der Waals surface area contributed by atoms with Gasteiger partial charge in [0, 0.05) is 6.61 Å². The van der Waals surface area contributed by atoms with Gasteiger partial charge in [0.2, 0.25) is 0 Å². The molecule has 0 bridgehead atoms. The minimum atomic E-state index is -0.380. The number of unbranched alkanes of at least 4 members (excludes halogenated alkanes) is 3. The molecular formula is C32H40O4. The zero-order valence-electron chi connectivity index (χ0n) is 22.2. The van der Waals surface area contributed by atoms with Gasteiger partial charge in [-0.15, -0.1) is 0 Å². The summed E-state index contributed by atoms with van der Waals surface area (Å²) in [5.41, 5.74) is 3.83. The molecule has 3 rings (SSSR count). The molecule has 0 N–H and O–H groups in total. The Morgan fingerprint density at radius 1 is 0.722 bits per heavy atom. The van der Waals surface area contributed by atoms with E-state index in [4.69, 9.17) is 14.2 Å². The van der Waals surface area contributed by atoms with Crippen molar-refractivity contribution in [3.05, 3.63) is 83.9 Å². The number of carbonyl (C=O) groups excluding carboxylic acids is 1. The molecule has 0 saturated heterocycles. The van der Waals surface area contributed by atoms with Crippen LogP contribution in [0.4, 0.5) is 0 Å². The first-order chi connectivity index (χ1) is 17.5. The smallest absolute Gasteiger partial charge is 0.343 e. The lowest BCUT2D eigenvalue weighted by Gasteiger charge is -2.14. The third-order valence-electron chi connectivity index (χ3n) is 6.27. The van der Waals surface area contributed by atoms with Crippen LogP contribution in [0.2, 0.25) is 0 Å². The Morgan fingerprint density at radius 3 is 1.94 bits per heavy atom. The molecule has 192 valence electrons. The van der Waals surface area contributed by atoms with Crippen molar-refractivity contribution >= 4 is 5.97 Å². The van der Waals surface area contributed by atoms with E-state index in [1.54, 1.807) is 24.3 Å². The van der Waals surface area contributed by atoms with Crippen LogP contribution in [0.3, 0.4) is 0 Å². The van der Waals surface area contributed by atoms with Crippen molar-refractivity contribution in [2.45, 2.75) is 78.4 Å². The standard InChI is InChI=1S/C32H40O4/c1-5-7-8-9-23-34-25(4)26-11-13-27(14-12-26)28-15-17-29(18-16-28)32(33)36-31-21-19-30(20-22-31)35-24(3)10-6-2/h11-22,24-25H,5-10,23H2,1-4H3. The number of esters is 1. The fourth-order valence-electron chi connectivity index (χ4n) is 4.08. The van der Waals surface area contributed by atoms with Crippen LogP contribution < -0.4 is 9.47 Å². The van der Waals surface area contributed by atoms with Gasteiger partial charge in [-0.2, -0.15) is 0 Å². The van der Waals surface area contributed by atoms with Crippen LogP contribution >= 0.6 is 0 Å². The Hall–Kier alpha value is -3.11. The lowest BCUT2D eigenvalue weighted by molar-refractivity contribution is 0.0628. The molecule has 0 saturated carbocycles. The van der Waals surface area contributed by atoms with Gasteiger partial charge in [-0.05, 0) is 79.8 Å². The molecule has 0 radical (unpaired) electrons. The highest BCUT2D eigenvalue weighted by atomic mass is 16.5. The third kappa shape index (κ3) is 8.53. The zero-order valence-corrected chi connectivity index (χ0v) is 22.2. The number of benzene rings is 3. The lowest BCUT2D eigenvalue weighted by Crippen LogP contribution is -2.11. The summed E-state index contributed by atoms with van der Waals surface area (Å²) in [5.74, 6) is 0.894. The second kappa shape index (κ2) is 14.4. The highest BCUT2D eigenvalue weighted by molar-refractivity contribution is 5.91. The van der Waals surface area contributed by atoms with E-state index < -0.39 is 0 Å². The Morgan fingerprint density at radius 2 is 1.33 bits per heavy atom. The molecule has 0 aliphatic heterocycles. The summed E-state index contributed by atoms with van der Waals surface area (Å²) in [5, 5.41) is 0. The summed E-state index contributed by atoms with van der Waals surface area (Å²) < 4.78 is 17.4. The van der Waals surface area contributed by atoms with E-state index in [9.17, 15) is 4.79 Å². The molecule has 3 aromatic rings. The fraction of sp³-hybridized carbons (Fsp3) is 0.406. The molecule has 0 aromatic heterocycles. The van der Waals surface area contributed by atoms with Crippen molar-refractivity contribution in [3.8, 4) is 22.6 Å². The van der Waals surface area contributed by atoms with Crippen LogP contribution in [0.1, 0.15) is 88.2 Å². The maximum absolute atomic E-state index is 12.6. The fourth-order valence-corrected chi connectivity index (χ4v) is 4.08. The summed E-state index contributed by atoms with van der Waals surface area (Å²) in [7, 11) is 0. The van der Waals surface area contributed by atoms with Gasteiger partial charge < -0.3 is 14.2 Å². The minimum Gasteiger partial charge on any atom is -0.491 e. The molecule has 0 aliphatic rings. The highest BCUT2D eigenvalue weighted by Gasteiger charge is 2.11. The van der Waals surface area contributed by atoms with E-state index in [0.717, 1.165) is 42.7 Å². The Labute approximate surface area is 216 Å². The molecule has 3 aromatic carbocycles. The summed E-state index contributed by atoms with van der Waals surface area (Å²) in [4.78, 5) is 12.6. The molecule has 0 fully saturated rings. The minimum absolute atomic E-state index is 0.0817. The lowest BCUT2D eigenvalue weighted by atomic mass is 10.0. The molecule has 0 amide bonds. The summed E-state index contributed by atoms with van der Waals surface area (Å²) in [6.07, 6.45) is 7.17. The maximum Gasteiger partial charge on any atom is 0.343 e. The second-order valence-corrected chi connectivity index (χ2v) is 9.35.